The highest BCUT2D eigenvalue weighted by Gasteiger charge is 2.27. The van der Waals surface area contributed by atoms with Crippen LogP contribution in [0.25, 0.3) is 11.3 Å². The van der Waals surface area contributed by atoms with Gasteiger partial charge in [-0.1, -0.05) is 30.3 Å². The van der Waals surface area contributed by atoms with Gasteiger partial charge in [0.2, 0.25) is 11.8 Å². The molecule has 0 aliphatic carbocycles. The van der Waals surface area contributed by atoms with E-state index in [1.165, 1.54) is 0 Å². The Hall–Kier alpha value is -2.67. The second kappa shape index (κ2) is 7.70. The fourth-order valence-electron chi connectivity index (χ4n) is 3.53. The lowest BCUT2D eigenvalue weighted by molar-refractivity contribution is -0.124. The minimum Gasteiger partial charge on any atom is -0.369 e. The Morgan fingerprint density at radius 1 is 1.31 bits per heavy atom. The van der Waals surface area contributed by atoms with Crippen LogP contribution in [0, 0.1) is 12.8 Å². The van der Waals surface area contributed by atoms with E-state index in [2.05, 4.69) is 10.4 Å². The lowest BCUT2D eigenvalue weighted by Crippen LogP contribution is -2.44. The van der Waals surface area contributed by atoms with E-state index in [0.29, 0.717) is 12.4 Å². The molecule has 1 aromatic carbocycles. The van der Waals surface area contributed by atoms with Crippen molar-refractivity contribution in [3.63, 3.8) is 0 Å². The van der Waals surface area contributed by atoms with Gasteiger partial charge in [0.15, 0.2) is 0 Å². The van der Waals surface area contributed by atoms with Crippen molar-refractivity contribution >= 4 is 17.6 Å². The minimum absolute atomic E-state index is 0.0371. The van der Waals surface area contributed by atoms with E-state index in [1.54, 1.807) is 4.68 Å². The average Bonchev–Trinajstić information content (AvgIpc) is 2.90. The smallest absolute Gasteiger partial charge is 0.231 e. The molecular weight excluding hydrogens is 330 g/mol. The second-order valence-corrected chi connectivity index (χ2v) is 6.84. The highest BCUT2D eigenvalue weighted by atomic mass is 16.2. The molecule has 1 aliphatic heterocycles. The summed E-state index contributed by atoms with van der Waals surface area (Å²) in [6.45, 7) is 3.52. The third-order valence-corrected chi connectivity index (χ3v) is 4.83. The minimum atomic E-state index is -0.360. The van der Waals surface area contributed by atoms with Crippen LogP contribution in [0.2, 0.25) is 0 Å². The lowest BCUT2D eigenvalue weighted by Gasteiger charge is -2.31. The first kappa shape index (κ1) is 18.1. The van der Waals surface area contributed by atoms with Crippen LogP contribution >= 0.6 is 0 Å². The number of piperidine rings is 1. The molecule has 2 heterocycles. The lowest BCUT2D eigenvalue weighted by atomic mass is 9.97. The molecule has 7 nitrogen and oxygen atoms in total. The van der Waals surface area contributed by atoms with Crippen LogP contribution in [-0.2, 0) is 16.6 Å². The molecule has 138 valence electrons. The molecule has 0 spiro atoms. The summed E-state index contributed by atoms with van der Waals surface area (Å²) in [5.41, 5.74) is 8.10. The quantitative estimate of drug-likeness (QED) is 0.851. The number of carbonyl (C=O) groups excluding carboxylic acids is 2. The Balaban J connectivity index is 1.73. The summed E-state index contributed by atoms with van der Waals surface area (Å²) in [4.78, 5) is 25.8. The summed E-state index contributed by atoms with van der Waals surface area (Å²) < 4.78 is 1.71. The van der Waals surface area contributed by atoms with Crippen LogP contribution in [0.3, 0.4) is 0 Å². The van der Waals surface area contributed by atoms with Gasteiger partial charge in [-0.05, 0) is 26.3 Å². The van der Waals surface area contributed by atoms with E-state index in [0.717, 1.165) is 36.2 Å². The van der Waals surface area contributed by atoms with Crippen molar-refractivity contribution in [1.29, 1.82) is 0 Å². The number of primary amides is 1. The van der Waals surface area contributed by atoms with Crippen molar-refractivity contribution in [2.75, 3.05) is 25.0 Å². The molecule has 1 unspecified atom stereocenters. The van der Waals surface area contributed by atoms with Gasteiger partial charge in [-0.25, -0.2) is 0 Å². The number of carbonyl (C=O) groups is 2. The van der Waals surface area contributed by atoms with E-state index < -0.39 is 0 Å². The number of nitrogens with one attached hydrogen (secondary N) is 1. The molecule has 0 bridgehead atoms. The molecule has 1 atom stereocenters. The molecule has 1 aromatic heterocycles. The van der Waals surface area contributed by atoms with Crippen molar-refractivity contribution in [3.05, 3.63) is 35.9 Å². The standard InChI is InChI=1S/C19H25N5O2/c1-13-17(14-7-4-3-5-8-14)22-23(2)18(13)21-19(26)15-9-6-10-24(11-15)12-16(20)25/h3-5,7-8,15H,6,9-12H2,1-2H3,(H2,20,25)(H,21,26). The van der Waals surface area contributed by atoms with E-state index >= 15 is 0 Å². The summed E-state index contributed by atoms with van der Waals surface area (Å²) in [6, 6.07) is 9.91. The zero-order chi connectivity index (χ0) is 18.7. The molecule has 3 rings (SSSR count). The number of likely N-dealkylation sites (tertiary alicyclic amines) is 1. The SMILES string of the molecule is Cc1c(-c2ccccc2)nn(C)c1NC(=O)C1CCCN(CC(N)=O)C1. The highest BCUT2D eigenvalue weighted by molar-refractivity contribution is 5.93. The predicted octanol–water partition coefficient (Wildman–Crippen LogP) is 1.53. The van der Waals surface area contributed by atoms with Crippen LogP contribution in [-0.4, -0.2) is 46.1 Å². The molecule has 2 amide bonds. The largest absolute Gasteiger partial charge is 0.369 e. The monoisotopic (exact) mass is 355 g/mol. The fourth-order valence-corrected chi connectivity index (χ4v) is 3.53. The summed E-state index contributed by atoms with van der Waals surface area (Å²) in [5.74, 6) is 0.157. The number of aryl methyl sites for hydroxylation is 1. The van der Waals surface area contributed by atoms with Crippen LogP contribution in [0.4, 0.5) is 5.82 Å². The van der Waals surface area contributed by atoms with Gasteiger partial charge in [0, 0.05) is 24.7 Å². The Labute approximate surface area is 153 Å². The average molecular weight is 355 g/mol. The van der Waals surface area contributed by atoms with E-state index in [-0.39, 0.29) is 24.3 Å². The third-order valence-electron chi connectivity index (χ3n) is 4.83. The van der Waals surface area contributed by atoms with Crippen molar-refractivity contribution in [1.82, 2.24) is 14.7 Å². The van der Waals surface area contributed by atoms with E-state index in [1.807, 2.05) is 49.2 Å². The summed E-state index contributed by atoms with van der Waals surface area (Å²) in [5, 5.41) is 7.59. The number of amides is 2. The number of aromatic nitrogens is 2. The van der Waals surface area contributed by atoms with Gasteiger partial charge < -0.3 is 11.1 Å². The molecule has 3 N–H and O–H groups in total. The van der Waals surface area contributed by atoms with Gasteiger partial charge in [-0.3, -0.25) is 19.2 Å². The third kappa shape index (κ3) is 3.94. The summed E-state index contributed by atoms with van der Waals surface area (Å²) >= 11 is 0. The van der Waals surface area contributed by atoms with Crippen LogP contribution < -0.4 is 11.1 Å². The van der Waals surface area contributed by atoms with Gasteiger partial charge in [0.05, 0.1) is 18.2 Å². The number of rotatable bonds is 5. The molecule has 0 radical (unpaired) electrons. The molecule has 2 aromatic rings. The Morgan fingerprint density at radius 2 is 2.04 bits per heavy atom. The zero-order valence-electron chi connectivity index (χ0n) is 15.2. The first-order valence-corrected chi connectivity index (χ1v) is 8.86. The molecular formula is C19H25N5O2. The fraction of sp³-hybridized carbons (Fsp3) is 0.421. The van der Waals surface area contributed by atoms with Crippen LogP contribution in [0.15, 0.2) is 30.3 Å². The maximum Gasteiger partial charge on any atom is 0.231 e. The van der Waals surface area contributed by atoms with Crippen molar-refractivity contribution in [3.8, 4) is 11.3 Å². The number of hydrogen-bond acceptors (Lipinski definition) is 4. The molecule has 7 heteroatoms. The maximum atomic E-state index is 12.8. The predicted molar refractivity (Wildman–Crippen MR) is 100 cm³/mol. The molecule has 1 saturated heterocycles. The van der Waals surface area contributed by atoms with Crippen molar-refractivity contribution in [2.24, 2.45) is 18.7 Å². The van der Waals surface area contributed by atoms with Gasteiger partial charge in [0.1, 0.15) is 5.82 Å². The highest BCUT2D eigenvalue weighted by Crippen LogP contribution is 2.28. The van der Waals surface area contributed by atoms with Crippen molar-refractivity contribution < 1.29 is 9.59 Å². The number of nitrogens with two attached hydrogens (primary N) is 1. The van der Waals surface area contributed by atoms with Gasteiger partial charge in [0.25, 0.3) is 0 Å². The van der Waals surface area contributed by atoms with E-state index in [4.69, 9.17) is 5.73 Å². The van der Waals surface area contributed by atoms with Crippen LogP contribution in [0.5, 0.6) is 0 Å². The number of hydrogen-bond donors (Lipinski definition) is 2. The van der Waals surface area contributed by atoms with Gasteiger partial charge in [-0.2, -0.15) is 5.10 Å². The first-order valence-electron chi connectivity index (χ1n) is 8.86. The Morgan fingerprint density at radius 3 is 2.73 bits per heavy atom. The topological polar surface area (TPSA) is 93.2 Å². The molecule has 0 saturated carbocycles. The zero-order valence-corrected chi connectivity index (χ0v) is 15.2. The van der Waals surface area contributed by atoms with Crippen molar-refractivity contribution in [2.45, 2.75) is 19.8 Å². The number of anilines is 1. The number of nitrogens with zero attached hydrogens (tertiary/aromatic N) is 3. The molecule has 1 aliphatic rings. The normalized spacial score (nSPS) is 17.8. The van der Waals surface area contributed by atoms with E-state index in [9.17, 15) is 9.59 Å². The van der Waals surface area contributed by atoms with Gasteiger partial charge >= 0.3 is 0 Å². The molecule has 1 fully saturated rings. The molecule has 26 heavy (non-hydrogen) atoms. The maximum absolute atomic E-state index is 12.8. The summed E-state index contributed by atoms with van der Waals surface area (Å²) in [7, 11) is 1.83. The Bertz CT molecular complexity index is 800. The summed E-state index contributed by atoms with van der Waals surface area (Å²) in [6.07, 6.45) is 1.69. The second-order valence-electron chi connectivity index (χ2n) is 6.84. The Kier molecular flexibility index (Phi) is 5.37. The van der Waals surface area contributed by atoms with Gasteiger partial charge in [-0.15, -0.1) is 0 Å². The first-order chi connectivity index (χ1) is 12.5. The number of benzene rings is 1. The van der Waals surface area contributed by atoms with Crippen LogP contribution in [0.1, 0.15) is 18.4 Å².